The Bertz CT molecular complexity index is 440. The molecule has 1 aromatic carbocycles. The Morgan fingerprint density at radius 3 is 3.05 bits per heavy atom. The van der Waals surface area contributed by atoms with Crippen molar-refractivity contribution in [3.8, 4) is 0 Å². The van der Waals surface area contributed by atoms with E-state index in [9.17, 15) is 4.79 Å². The molecule has 19 heavy (non-hydrogen) atoms. The molecular formula is C15H22N2O2. The first-order chi connectivity index (χ1) is 9.18. The van der Waals surface area contributed by atoms with Gasteiger partial charge in [0.25, 0.3) is 5.91 Å². The van der Waals surface area contributed by atoms with Gasteiger partial charge in [-0.05, 0) is 50.3 Å². The number of hydrogen-bond donors (Lipinski definition) is 2. The number of ether oxygens (including phenoxy) is 1. The van der Waals surface area contributed by atoms with E-state index in [2.05, 4.69) is 5.32 Å². The molecular weight excluding hydrogens is 240 g/mol. The molecule has 0 aromatic heterocycles. The number of anilines is 1. The van der Waals surface area contributed by atoms with E-state index in [1.165, 1.54) is 6.42 Å². The molecule has 2 rings (SSSR count). The van der Waals surface area contributed by atoms with Crippen molar-refractivity contribution in [2.75, 3.05) is 18.9 Å². The largest absolute Gasteiger partial charge is 0.398 e. The number of nitrogen functional groups attached to an aromatic ring is 1. The highest BCUT2D eigenvalue weighted by atomic mass is 16.5. The summed E-state index contributed by atoms with van der Waals surface area (Å²) in [6.07, 6.45) is 4.68. The molecule has 1 atom stereocenters. The molecule has 1 heterocycles. The monoisotopic (exact) mass is 262 g/mol. The smallest absolute Gasteiger partial charge is 0.251 e. The van der Waals surface area contributed by atoms with Gasteiger partial charge in [-0.1, -0.05) is 6.07 Å². The highest BCUT2D eigenvalue weighted by Gasteiger charge is 2.15. The molecule has 0 saturated carbocycles. The summed E-state index contributed by atoms with van der Waals surface area (Å²) in [7, 11) is 0. The minimum Gasteiger partial charge on any atom is -0.398 e. The normalized spacial score (nSPS) is 19.1. The molecule has 104 valence electrons. The van der Waals surface area contributed by atoms with E-state index in [0.29, 0.717) is 23.9 Å². The average molecular weight is 262 g/mol. The molecule has 1 aliphatic heterocycles. The van der Waals surface area contributed by atoms with Crippen LogP contribution < -0.4 is 11.1 Å². The van der Waals surface area contributed by atoms with Gasteiger partial charge in [-0.3, -0.25) is 4.79 Å². The van der Waals surface area contributed by atoms with Crippen molar-refractivity contribution in [2.45, 2.75) is 38.7 Å². The van der Waals surface area contributed by atoms with E-state index >= 15 is 0 Å². The topological polar surface area (TPSA) is 64.4 Å². The van der Waals surface area contributed by atoms with Crippen LogP contribution in [0.1, 0.15) is 41.6 Å². The SMILES string of the molecule is Cc1c(N)cccc1C(=O)NCCC1CCCCO1. The molecule has 1 amide bonds. The summed E-state index contributed by atoms with van der Waals surface area (Å²) >= 11 is 0. The zero-order valence-corrected chi connectivity index (χ0v) is 11.4. The quantitative estimate of drug-likeness (QED) is 0.818. The fraction of sp³-hybridized carbons (Fsp3) is 0.533. The van der Waals surface area contributed by atoms with Crippen molar-refractivity contribution in [3.05, 3.63) is 29.3 Å². The van der Waals surface area contributed by atoms with E-state index in [1.54, 1.807) is 6.07 Å². The molecule has 1 aromatic rings. The standard InChI is InChI=1S/C15H22N2O2/c1-11-13(6-4-7-14(11)16)15(18)17-9-8-12-5-2-3-10-19-12/h4,6-7,12H,2-3,5,8-10,16H2,1H3,(H,17,18). The maximum atomic E-state index is 12.1. The second kappa shape index (κ2) is 6.57. The van der Waals surface area contributed by atoms with E-state index in [0.717, 1.165) is 31.4 Å². The van der Waals surface area contributed by atoms with Crippen LogP contribution in [-0.4, -0.2) is 25.2 Å². The molecule has 1 fully saturated rings. The van der Waals surface area contributed by atoms with Crippen LogP contribution in [0, 0.1) is 6.92 Å². The van der Waals surface area contributed by atoms with Crippen LogP contribution in [0.15, 0.2) is 18.2 Å². The molecule has 3 N–H and O–H groups in total. The van der Waals surface area contributed by atoms with Gasteiger partial charge in [0, 0.05) is 24.4 Å². The number of hydrogen-bond acceptors (Lipinski definition) is 3. The van der Waals surface area contributed by atoms with Gasteiger partial charge in [0.15, 0.2) is 0 Å². The van der Waals surface area contributed by atoms with E-state index < -0.39 is 0 Å². The number of nitrogens with one attached hydrogen (secondary N) is 1. The average Bonchev–Trinajstić information content (AvgIpc) is 2.43. The van der Waals surface area contributed by atoms with Gasteiger partial charge in [0.2, 0.25) is 0 Å². The summed E-state index contributed by atoms with van der Waals surface area (Å²) in [5.74, 6) is -0.0550. The van der Waals surface area contributed by atoms with Crippen LogP contribution in [0.2, 0.25) is 0 Å². The van der Waals surface area contributed by atoms with Crippen molar-refractivity contribution in [1.82, 2.24) is 5.32 Å². The van der Waals surface area contributed by atoms with Crippen LogP contribution in [-0.2, 0) is 4.74 Å². The van der Waals surface area contributed by atoms with Gasteiger partial charge < -0.3 is 15.8 Å². The van der Waals surface area contributed by atoms with Gasteiger partial charge in [-0.2, -0.15) is 0 Å². The van der Waals surface area contributed by atoms with Crippen molar-refractivity contribution >= 4 is 11.6 Å². The minimum atomic E-state index is -0.0550. The Balaban J connectivity index is 1.82. The van der Waals surface area contributed by atoms with Crippen molar-refractivity contribution < 1.29 is 9.53 Å². The summed E-state index contributed by atoms with van der Waals surface area (Å²) in [5.41, 5.74) is 7.96. The molecule has 4 heteroatoms. The molecule has 0 spiro atoms. The van der Waals surface area contributed by atoms with Gasteiger partial charge in [0.05, 0.1) is 6.10 Å². The molecule has 0 bridgehead atoms. The molecule has 1 unspecified atom stereocenters. The van der Waals surface area contributed by atoms with Gasteiger partial charge in [-0.25, -0.2) is 0 Å². The van der Waals surface area contributed by atoms with Gasteiger partial charge in [0.1, 0.15) is 0 Å². The Hall–Kier alpha value is -1.55. The van der Waals surface area contributed by atoms with Crippen molar-refractivity contribution in [2.24, 2.45) is 0 Å². The fourth-order valence-electron chi connectivity index (χ4n) is 2.38. The third-order valence-electron chi connectivity index (χ3n) is 3.65. The number of carbonyl (C=O) groups excluding carboxylic acids is 1. The van der Waals surface area contributed by atoms with Crippen LogP contribution in [0.3, 0.4) is 0 Å². The van der Waals surface area contributed by atoms with Gasteiger partial charge >= 0.3 is 0 Å². The summed E-state index contributed by atoms with van der Waals surface area (Å²) < 4.78 is 5.64. The van der Waals surface area contributed by atoms with Crippen molar-refractivity contribution in [1.29, 1.82) is 0 Å². The van der Waals surface area contributed by atoms with Gasteiger partial charge in [-0.15, -0.1) is 0 Å². The maximum absolute atomic E-state index is 12.1. The molecule has 0 radical (unpaired) electrons. The lowest BCUT2D eigenvalue weighted by Crippen LogP contribution is -2.29. The lowest BCUT2D eigenvalue weighted by atomic mass is 10.1. The number of rotatable bonds is 4. The van der Waals surface area contributed by atoms with Crippen LogP contribution in [0.5, 0.6) is 0 Å². The highest BCUT2D eigenvalue weighted by molar-refractivity contribution is 5.96. The lowest BCUT2D eigenvalue weighted by molar-refractivity contribution is 0.0117. The summed E-state index contributed by atoms with van der Waals surface area (Å²) in [6, 6.07) is 5.42. The fourth-order valence-corrected chi connectivity index (χ4v) is 2.38. The highest BCUT2D eigenvalue weighted by Crippen LogP contribution is 2.16. The third kappa shape index (κ3) is 3.70. The maximum Gasteiger partial charge on any atom is 0.251 e. The Labute approximate surface area is 114 Å². The van der Waals surface area contributed by atoms with E-state index in [-0.39, 0.29) is 5.91 Å². The zero-order valence-electron chi connectivity index (χ0n) is 11.4. The molecule has 0 aliphatic carbocycles. The third-order valence-corrected chi connectivity index (χ3v) is 3.65. The minimum absolute atomic E-state index is 0.0550. The Morgan fingerprint density at radius 2 is 2.32 bits per heavy atom. The van der Waals surface area contributed by atoms with Crippen LogP contribution in [0.4, 0.5) is 5.69 Å². The first-order valence-corrected chi connectivity index (χ1v) is 6.93. The molecule has 1 aliphatic rings. The number of nitrogens with two attached hydrogens (primary N) is 1. The molecule has 1 saturated heterocycles. The Kier molecular flexibility index (Phi) is 4.80. The van der Waals surface area contributed by atoms with Crippen LogP contribution in [0.25, 0.3) is 0 Å². The van der Waals surface area contributed by atoms with E-state index in [1.807, 2.05) is 19.1 Å². The Morgan fingerprint density at radius 1 is 1.47 bits per heavy atom. The zero-order chi connectivity index (χ0) is 13.7. The summed E-state index contributed by atoms with van der Waals surface area (Å²) in [4.78, 5) is 12.1. The second-order valence-electron chi connectivity index (χ2n) is 5.05. The summed E-state index contributed by atoms with van der Waals surface area (Å²) in [5, 5.41) is 2.94. The van der Waals surface area contributed by atoms with Crippen LogP contribution >= 0.6 is 0 Å². The first kappa shape index (κ1) is 13.9. The first-order valence-electron chi connectivity index (χ1n) is 6.93. The predicted molar refractivity (Wildman–Crippen MR) is 76.1 cm³/mol. The summed E-state index contributed by atoms with van der Waals surface area (Å²) in [6.45, 7) is 3.37. The van der Waals surface area contributed by atoms with E-state index in [4.69, 9.17) is 10.5 Å². The lowest BCUT2D eigenvalue weighted by Gasteiger charge is -2.22. The predicted octanol–water partition coefficient (Wildman–Crippen LogP) is 2.27. The second-order valence-corrected chi connectivity index (χ2v) is 5.05. The van der Waals surface area contributed by atoms with Crippen molar-refractivity contribution in [3.63, 3.8) is 0 Å². The number of carbonyl (C=O) groups is 1. The number of amides is 1. The number of benzene rings is 1. The molecule has 4 nitrogen and oxygen atoms in total.